The first kappa shape index (κ1) is 18.6. The summed E-state index contributed by atoms with van der Waals surface area (Å²) in [5, 5.41) is 2.98. The summed E-state index contributed by atoms with van der Waals surface area (Å²) in [6, 6.07) is 4.57. The lowest BCUT2D eigenvalue weighted by atomic mass is 10.0. The number of halogens is 5. The van der Waals surface area contributed by atoms with Gasteiger partial charge >= 0.3 is 6.18 Å². The third kappa shape index (κ3) is 5.02. The molecule has 0 radical (unpaired) electrons. The van der Waals surface area contributed by atoms with E-state index in [1.54, 1.807) is 6.07 Å². The Kier molecular flexibility index (Phi) is 6.78. The van der Waals surface area contributed by atoms with Gasteiger partial charge in [-0.05, 0) is 44.1 Å². The van der Waals surface area contributed by atoms with Crippen LogP contribution >= 0.6 is 24.0 Å². The van der Waals surface area contributed by atoms with Gasteiger partial charge in [-0.1, -0.05) is 17.7 Å². The van der Waals surface area contributed by atoms with Crippen LogP contribution in [-0.2, 0) is 12.7 Å². The Morgan fingerprint density at radius 2 is 2.10 bits per heavy atom. The van der Waals surface area contributed by atoms with Crippen molar-refractivity contribution in [1.29, 1.82) is 0 Å². The normalized spacial score (nSPS) is 20.1. The van der Waals surface area contributed by atoms with Crippen LogP contribution in [0.2, 0.25) is 5.02 Å². The molecule has 7 heteroatoms. The molecule has 2 rings (SSSR count). The number of piperidine rings is 1. The molecule has 0 amide bonds. The van der Waals surface area contributed by atoms with Gasteiger partial charge in [-0.25, -0.2) is 0 Å². The highest BCUT2D eigenvalue weighted by Crippen LogP contribution is 2.35. The molecule has 1 atom stereocenters. The predicted octanol–water partition coefficient (Wildman–Crippen LogP) is 3.96. The Hall–Kier alpha value is -0.490. The van der Waals surface area contributed by atoms with Crippen LogP contribution in [0.3, 0.4) is 0 Å². The largest absolute Gasteiger partial charge is 0.417 e. The molecule has 1 aliphatic rings. The fourth-order valence-electron chi connectivity index (χ4n) is 2.58. The summed E-state index contributed by atoms with van der Waals surface area (Å²) in [5.74, 6) is 0. The van der Waals surface area contributed by atoms with Gasteiger partial charge in [0.15, 0.2) is 0 Å². The summed E-state index contributed by atoms with van der Waals surface area (Å²) in [6.07, 6.45) is -2.23. The third-order valence-electron chi connectivity index (χ3n) is 3.66. The topological polar surface area (TPSA) is 15.3 Å². The zero-order chi connectivity index (χ0) is 14.8. The van der Waals surface area contributed by atoms with Gasteiger partial charge in [0.25, 0.3) is 0 Å². The number of rotatable bonds is 3. The molecule has 1 heterocycles. The molecule has 1 aromatic carbocycles. The van der Waals surface area contributed by atoms with Crippen LogP contribution in [0.1, 0.15) is 24.0 Å². The van der Waals surface area contributed by atoms with Gasteiger partial charge in [0.2, 0.25) is 0 Å². The first-order valence-electron chi connectivity index (χ1n) is 6.65. The lowest BCUT2D eigenvalue weighted by Crippen LogP contribution is -2.43. The maximum Gasteiger partial charge on any atom is 0.417 e. The van der Waals surface area contributed by atoms with Crippen molar-refractivity contribution in [2.45, 2.75) is 31.6 Å². The first-order chi connectivity index (χ1) is 9.40. The summed E-state index contributed by atoms with van der Waals surface area (Å²) in [6.45, 7) is 2.31. The summed E-state index contributed by atoms with van der Waals surface area (Å²) in [7, 11) is 1.91. The number of nitrogens with zero attached hydrogens (tertiary/aromatic N) is 1. The van der Waals surface area contributed by atoms with Crippen LogP contribution in [-0.4, -0.2) is 31.1 Å². The van der Waals surface area contributed by atoms with Crippen molar-refractivity contribution in [1.82, 2.24) is 10.2 Å². The number of likely N-dealkylation sites (N-methyl/N-ethyl adjacent to an activating group) is 1. The number of benzene rings is 1. The molecule has 1 saturated heterocycles. The second-order valence-electron chi connectivity index (χ2n) is 5.17. The Morgan fingerprint density at radius 3 is 2.71 bits per heavy atom. The molecule has 120 valence electrons. The zero-order valence-electron chi connectivity index (χ0n) is 11.7. The van der Waals surface area contributed by atoms with Crippen molar-refractivity contribution in [3.8, 4) is 0 Å². The highest BCUT2D eigenvalue weighted by molar-refractivity contribution is 6.31. The van der Waals surface area contributed by atoms with Crippen molar-refractivity contribution in [3.05, 3.63) is 34.3 Å². The average molecular weight is 343 g/mol. The van der Waals surface area contributed by atoms with Crippen molar-refractivity contribution < 1.29 is 13.2 Å². The summed E-state index contributed by atoms with van der Waals surface area (Å²) in [4.78, 5) is 2.17. The second-order valence-corrected chi connectivity index (χ2v) is 5.58. The minimum Gasteiger partial charge on any atom is -0.316 e. The fraction of sp³-hybridized carbons (Fsp3) is 0.571. The number of hydrogen-bond acceptors (Lipinski definition) is 2. The van der Waals surface area contributed by atoms with E-state index < -0.39 is 11.7 Å². The highest BCUT2D eigenvalue weighted by Gasteiger charge is 2.33. The highest BCUT2D eigenvalue weighted by atomic mass is 35.5. The molecule has 0 aromatic heterocycles. The molecule has 21 heavy (non-hydrogen) atoms. The molecule has 0 bridgehead atoms. The number of alkyl halides is 3. The van der Waals surface area contributed by atoms with Crippen LogP contribution in [0.25, 0.3) is 0 Å². The van der Waals surface area contributed by atoms with Gasteiger partial charge in [-0.3, -0.25) is 4.90 Å². The van der Waals surface area contributed by atoms with E-state index in [4.69, 9.17) is 11.6 Å². The number of nitrogens with one attached hydrogen (secondary N) is 1. The summed E-state index contributed by atoms with van der Waals surface area (Å²) in [5.41, 5.74) is -0.0997. The van der Waals surface area contributed by atoms with Crippen LogP contribution in [0, 0.1) is 0 Å². The maximum atomic E-state index is 12.8. The molecular weight excluding hydrogens is 324 g/mol. The predicted molar refractivity (Wildman–Crippen MR) is 81.1 cm³/mol. The molecule has 0 spiro atoms. The van der Waals surface area contributed by atoms with E-state index in [-0.39, 0.29) is 17.4 Å². The number of likely N-dealkylation sites (tertiary alicyclic amines) is 1. The van der Waals surface area contributed by atoms with Crippen LogP contribution < -0.4 is 5.32 Å². The smallest absolute Gasteiger partial charge is 0.316 e. The molecule has 0 saturated carbocycles. The monoisotopic (exact) mass is 342 g/mol. The van der Waals surface area contributed by atoms with Gasteiger partial charge in [0.1, 0.15) is 0 Å². The lowest BCUT2D eigenvalue weighted by molar-refractivity contribution is -0.137. The standard InChI is InChI=1S/C14H18ClF3N2.ClH/c1-19-11-3-2-6-20(9-11)8-10-4-5-13(15)12(7-10)14(16,17)18;/h4-5,7,11,19H,2-3,6,8-9H2,1H3;1H. The van der Waals surface area contributed by atoms with E-state index in [1.807, 2.05) is 7.05 Å². The average Bonchev–Trinajstić information content (AvgIpc) is 2.40. The number of hydrogen-bond donors (Lipinski definition) is 1. The Bertz CT molecular complexity index is 466. The minimum atomic E-state index is -4.40. The van der Waals surface area contributed by atoms with E-state index in [2.05, 4.69) is 10.2 Å². The Labute approximate surface area is 134 Å². The van der Waals surface area contributed by atoms with Crippen molar-refractivity contribution in [2.24, 2.45) is 0 Å². The van der Waals surface area contributed by atoms with E-state index >= 15 is 0 Å². The molecule has 2 nitrogen and oxygen atoms in total. The van der Waals surface area contributed by atoms with Gasteiger partial charge < -0.3 is 5.32 Å². The minimum absolute atomic E-state index is 0. The van der Waals surface area contributed by atoms with Crippen molar-refractivity contribution in [3.63, 3.8) is 0 Å². The molecule has 1 N–H and O–H groups in total. The molecule has 1 aliphatic heterocycles. The Balaban J connectivity index is 0.00000220. The molecule has 1 fully saturated rings. The molecule has 1 aromatic rings. The molecule has 0 aliphatic carbocycles. The second kappa shape index (κ2) is 7.68. The van der Waals surface area contributed by atoms with E-state index in [1.165, 1.54) is 6.07 Å². The summed E-state index contributed by atoms with van der Waals surface area (Å²) < 4.78 is 38.4. The summed E-state index contributed by atoms with van der Waals surface area (Å²) >= 11 is 5.63. The van der Waals surface area contributed by atoms with Crippen molar-refractivity contribution in [2.75, 3.05) is 20.1 Å². The SMILES string of the molecule is CNC1CCCN(Cc2ccc(Cl)c(C(F)(F)F)c2)C1.Cl. The van der Waals surface area contributed by atoms with E-state index in [9.17, 15) is 13.2 Å². The first-order valence-corrected chi connectivity index (χ1v) is 7.03. The van der Waals surface area contributed by atoms with Crippen LogP contribution in [0.15, 0.2) is 18.2 Å². The molecular formula is C14H19Cl2F3N2. The van der Waals surface area contributed by atoms with Crippen LogP contribution in [0.5, 0.6) is 0 Å². The quantitative estimate of drug-likeness (QED) is 0.894. The maximum absolute atomic E-state index is 12.8. The lowest BCUT2D eigenvalue weighted by Gasteiger charge is -2.32. The van der Waals surface area contributed by atoms with Gasteiger partial charge in [0.05, 0.1) is 10.6 Å². The van der Waals surface area contributed by atoms with E-state index in [0.29, 0.717) is 18.2 Å². The Morgan fingerprint density at radius 1 is 1.38 bits per heavy atom. The van der Waals surface area contributed by atoms with Crippen LogP contribution in [0.4, 0.5) is 13.2 Å². The van der Waals surface area contributed by atoms with Crippen molar-refractivity contribution >= 4 is 24.0 Å². The zero-order valence-corrected chi connectivity index (χ0v) is 13.3. The van der Waals surface area contributed by atoms with E-state index in [0.717, 1.165) is 32.0 Å². The molecule has 1 unspecified atom stereocenters. The van der Waals surface area contributed by atoms with Gasteiger partial charge in [0, 0.05) is 19.1 Å². The van der Waals surface area contributed by atoms with Gasteiger partial charge in [-0.15, -0.1) is 12.4 Å². The van der Waals surface area contributed by atoms with Gasteiger partial charge in [-0.2, -0.15) is 13.2 Å². The fourth-order valence-corrected chi connectivity index (χ4v) is 2.81. The third-order valence-corrected chi connectivity index (χ3v) is 3.99.